The summed E-state index contributed by atoms with van der Waals surface area (Å²) in [6, 6.07) is 6.80. The first-order chi connectivity index (χ1) is 8.95. The molecule has 0 saturated carbocycles. The summed E-state index contributed by atoms with van der Waals surface area (Å²) < 4.78 is 34.5. The Kier molecular flexibility index (Phi) is 6.51. The van der Waals surface area contributed by atoms with Gasteiger partial charge in [-0.3, -0.25) is 4.21 Å². The van der Waals surface area contributed by atoms with E-state index in [9.17, 15) is 12.6 Å². The Balaban J connectivity index is 2.55. The van der Waals surface area contributed by atoms with E-state index in [2.05, 4.69) is 5.32 Å². The summed E-state index contributed by atoms with van der Waals surface area (Å²) >= 11 is 0. The Morgan fingerprint density at radius 1 is 1.21 bits per heavy atom. The highest BCUT2D eigenvalue weighted by atomic mass is 32.2. The number of benzene rings is 1. The van der Waals surface area contributed by atoms with Gasteiger partial charge in [0, 0.05) is 35.0 Å². The van der Waals surface area contributed by atoms with Gasteiger partial charge in [-0.2, -0.15) is 0 Å². The third-order valence-corrected chi connectivity index (χ3v) is 5.42. The van der Waals surface area contributed by atoms with Gasteiger partial charge >= 0.3 is 0 Å². The van der Waals surface area contributed by atoms with Crippen LogP contribution in [0.3, 0.4) is 0 Å². The highest BCUT2D eigenvalue weighted by Gasteiger charge is 2.12. The molecule has 0 amide bonds. The molecule has 0 bridgehead atoms. The van der Waals surface area contributed by atoms with Crippen LogP contribution >= 0.6 is 0 Å². The summed E-state index contributed by atoms with van der Waals surface area (Å²) in [6.45, 7) is 2.59. The van der Waals surface area contributed by atoms with Crippen LogP contribution in [0.1, 0.15) is 19.8 Å². The molecule has 0 aliphatic rings. The van der Waals surface area contributed by atoms with E-state index in [1.807, 2.05) is 6.92 Å². The molecule has 0 aliphatic carbocycles. The van der Waals surface area contributed by atoms with Gasteiger partial charge in [0.1, 0.15) is 0 Å². The fourth-order valence-corrected chi connectivity index (χ4v) is 3.55. The van der Waals surface area contributed by atoms with Gasteiger partial charge in [0.2, 0.25) is 0 Å². The van der Waals surface area contributed by atoms with E-state index in [-0.39, 0.29) is 5.75 Å². The zero-order chi connectivity index (χ0) is 14.3. The van der Waals surface area contributed by atoms with Crippen molar-refractivity contribution >= 4 is 26.3 Å². The smallest absolute Gasteiger partial charge is 0.178 e. The van der Waals surface area contributed by atoms with Crippen LogP contribution in [0.2, 0.25) is 0 Å². The first kappa shape index (κ1) is 16.2. The summed E-state index contributed by atoms with van der Waals surface area (Å²) in [5, 5.41) is 3.18. The first-order valence-corrected chi connectivity index (χ1v) is 9.70. The lowest BCUT2D eigenvalue weighted by atomic mass is 10.3. The molecular weight excluding hydrogens is 282 g/mol. The molecule has 1 aromatic rings. The minimum absolute atomic E-state index is 0.183. The molecule has 0 saturated heterocycles. The Bertz CT molecular complexity index is 509. The third-order valence-electron chi connectivity index (χ3n) is 2.62. The van der Waals surface area contributed by atoms with Crippen molar-refractivity contribution in [2.75, 3.05) is 29.6 Å². The summed E-state index contributed by atoms with van der Waals surface area (Å²) in [4.78, 5) is 0.370. The number of hydrogen-bond acceptors (Lipinski definition) is 4. The molecule has 0 heterocycles. The molecule has 1 atom stereocenters. The van der Waals surface area contributed by atoms with Crippen molar-refractivity contribution in [3.63, 3.8) is 0 Å². The molecular formula is C13H21NO3S2. The normalized spacial score (nSPS) is 13.2. The minimum atomic E-state index is -3.13. The van der Waals surface area contributed by atoms with Crippen molar-refractivity contribution in [2.24, 2.45) is 0 Å². The summed E-state index contributed by atoms with van der Waals surface area (Å²) in [7, 11) is -3.89. The van der Waals surface area contributed by atoms with Crippen LogP contribution in [0.5, 0.6) is 0 Å². The lowest BCUT2D eigenvalue weighted by molar-refractivity contribution is 0.594. The van der Waals surface area contributed by atoms with Crippen molar-refractivity contribution in [1.82, 2.24) is 0 Å². The predicted molar refractivity (Wildman–Crippen MR) is 80.8 cm³/mol. The maximum atomic E-state index is 11.8. The molecule has 0 spiro atoms. The zero-order valence-electron chi connectivity index (χ0n) is 11.4. The second-order valence-electron chi connectivity index (χ2n) is 4.40. The molecule has 0 aliphatic heterocycles. The molecule has 4 nitrogen and oxygen atoms in total. The lowest BCUT2D eigenvalue weighted by Crippen LogP contribution is -2.07. The highest BCUT2D eigenvalue weighted by Crippen LogP contribution is 2.16. The summed E-state index contributed by atoms with van der Waals surface area (Å²) in [6.07, 6.45) is 3.14. The van der Waals surface area contributed by atoms with Crippen LogP contribution < -0.4 is 5.32 Å². The van der Waals surface area contributed by atoms with E-state index in [1.165, 1.54) is 0 Å². The quantitative estimate of drug-likeness (QED) is 0.747. The highest BCUT2D eigenvalue weighted by molar-refractivity contribution is 7.91. The zero-order valence-corrected chi connectivity index (χ0v) is 13.0. The van der Waals surface area contributed by atoms with E-state index < -0.39 is 20.6 Å². The van der Waals surface area contributed by atoms with E-state index in [4.69, 9.17) is 0 Å². The van der Waals surface area contributed by atoms with Gasteiger partial charge in [-0.15, -0.1) is 0 Å². The second-order valence-corrected chi connectivity index (χ2v) is 8.06. The molecule has 1 N–H and O–H groups in total. The van der Waals surface area contributed by atoms with E-state index in [0.29, 0.717) is 17.1 Å². The summed E-state index contributed by atoms with van der Waals surface area (Å²) in [5.74, 6) is 0.859. The Hall–Kier alpha value is -0.880. The molecule has 108 valence electrons. The first-order valence-electron chi connectivity index (χ1n) is 6.32. The average Bonchev–Trinajstić information content (AvgIpc) is 2.35. The van der Waals surface area contributed by atoms with Crippen LogP contribution in [0.25, 0.3) is 0 Å². The van der Waals surface area contributed by atoms with Crippen molar-refractivity contribution in [3.05, 3.63) is 24.3 Å². The standard InChI is InChI=1S/C13H21NO3S2/c1-3-11-19(16,17)13-7-5-12(6-8-13)14-9-4-10-18(2)15/h5-8,14H,3-4,9-11H2,1-2H3. The molecule has 1 aromatic carbocycles. The average molecular weight is 303 g/mol. The predicted octanol–water partition coefficient (Wildman–Crippen LogP) is 2.05. The van der Waals surface area contributed by atoms with Crippen LogP contribution in [0, 0.1) is 0 Å². The van der Waals surface area contributed by atoms with E-state index in [1.54, 1.807) is 30.5 Å². The SMILES string of the molecule is CCCS(=O)(=O)c1ccc(NCCCS(C)=O)cc1. The minimum Gasteiger partial charge on any atom is -0.385 e. The molecule has 0 fully saturated rings. The number of sulfone groups is 1. The van der Waals surface area contributed by atoms with Crippen molar-refractivity contribution in [3.8, 4) is 0 Å². The molecule has 0 aromatic heterocycles. The molecule has 1 unspecified atom stereocenters. The topological polar surface area (TPSA) is 63.2 Å². The van der Waals surface area contributed by atoms with Crippen molar-refractivity contribution in [1.29, 1.82) is 0 Å². The fourth-order valence-electron chi connectivity index (χ4n) is 1.67. The van der Waals surface area contributed by atoms with Crippen LogP contribution in [-0.4, -0.2) is 36.9 Å². The van der Waals surface area contributed by atoms with Gasteiger partial charge < -0.3 is 5.32 Å². The Labute approximate surface area is 118 Å². The molecule has 1 rings (SSSR count). The van der Waals surface area contributed by atoms with Crippen molar-refractivity contribution < 1.29 is 12.6 Å². The number of nitrogens with one attached hydrogen (secondary N) is 1. The second kappa shape index (κ2) is 7.65. The van der Waals surface area contributed by atoms with E-state index in [0.717, 1.165) is 18.7 Å². The Morgan fingerprint density at radius 2 is 1.84 bits per heavy atom. The molecule has 19 heavy (non-hydrogen) atoms. The lowest BCUT2D eigenvalue weighted by Gasteiger charge is -2.07. The van der Waals surface area contributed by atoms with Crippen LogP contribution in [-0.2, 0) is 20.6 Å². The summed E-state index contributed by atoms with van der Waals surface area (Å²) in [5.41, 5.74) is 0.886. The fraction of sp³-hybridized carbons (Fsp3) is 0.538. The van der Waals surface area contributed by atoms with Crippen LogP contribution in [0.4, 0.5) is 5.69 Å². The number of anilines is 1. The van der Waals surface area contributed by atoms with Gasteiger partial charge in [0.15, 0.2) is 9.84 Å². The Morgan fingerprint density at radius 3 is 2.37 bits per heavy atom. The van der Waals surface area contributed by atoms with Gasteiger partial charge in [-0.05, 0) is 37.1 Å². The number of hydrogen-bond donors (Lipinski definition) is 1. The monoisotopic (exact) mass is 303 g/mol. The van der Waals surface area contributed by atoms with E-state index >= 15 is 0 Å². The number of rotatable bonds is 8. The van der Waals surface area contributed by atoms with Crippen LogP contribution in [0.15, 0.2) is 29.2 Å². The maximum absolute atomic E-state index is 11.8. The molecule has 6 heteroatoms. The van der Waals surface area contributed by atoms with Gasteiger partial charge in [-0.25, -0.2) is 8.42 Å². The van der Waals surface area contributed by atoms with Gasteiger partial charge in [-0.1, -0.05) is 6.92 Å². The van der Waals surface area contributed by atoms with Gasteiger partial charge in [0.25, 0.3) is 0 Å². The third kappa shape index (κ3) is 5.74. The van der Waals surface area contributed by atoms with Gasteiger partial charge in [0.05, 0.1) is 10.6 Å². The van der Waals surface area contributed by atoms with Crippen molar-refractivity contribution in [2.45, 2.75) is 24.7 Å². The molecule has 0 radical (unpaired) electrons. The maximum Gasteiger partial charge on any atom is 0.178 e. The largest absolute Gasteiger partial charge is 0.385 e.